The number of nitrogens with zero attached hydrogens (tertiary/aromatic N) is 2. The smallest absolute Gasteiger partial charge is 0.340 e. The zero-order valence-electron chi connectivity index (χ0n) is 9.86. The van der Waals surface area contributed by atoms with E-state index in [1.807, 2.05) is 6.07 Å². The van der Waals surface area contributed by atoms with Gasteiger partial charge in [-0.2, -0.15) is 0 Å². The molecule has 2 aromatic rings. The average molecular weight is 310 g/mol. The van der Waals surface area contributed by atoms with Crippen LogP contribution in [0.1, 0.15) is 16.8 Å². The first-order valence-electron chi connectivity index (χ1n) is 5.72. The fourth-order valence-corrected chi connectivity index (χ4v) is 2.42. The molecule has 0 saturated carbocycles. The van der Waals surface area contributed by atoms with Gasteiger partial charge in [-0.15, -0.1) is 0 Å². The molecule has 0 amide bonds. The monoisotopic (exact) mass is 309 g/mol. The number of H-pyrrole nitrogens is 1. The summed E-state index contributed by atoms with van der Waals surface area (Å²) >= 11 is 3.45. The largest absolute Gasteiger partial charge is 0.465 e. The van der Waals surface area contributed by atoms with Crippen molar-refractivity contribution in [1.82, 2.24) is 9.97 Å². The minimum absolute atomic E-state index is 0.355. The number of halogens is 1. The molecule has 1 aromatic carbocycles. The summed E-state index contributed by atoms with van der Waals surface area (Å²) in [5, 5.41) is 0. The van der Waals surface area contributed by atoms with Crippen molar-refractivity contribution in [2.75, 3.05) is 25.1 Å². The van der Waals surface area contributed by atoms with Crippen molar-refractivity contribution < 1.29 is 9.53 Å². The van der Waals surface area contributed by atoms with Crippen LogP contribution in [0.2, 0.25) is 0 Å². The summed E-state index contributed by atoms with van der Waals surface area (Å²) < 4.78 is 5.65. The number of imidazole rings is 1. The van der Waals surface area contributed by atoms with Gasteiger partial charge in [-0.25, -0.2) is 9.78 Å². The quantitative estimate of drug-likeness (QED) is 0.865. The van der Waals surface area contributed by atoms with Crippen LogP contribution in [-0.4, -0.2) is 36.1 Å². The number of ether oxygens (including phenoxy) is 1. The van der Waals surface area contributed by atoms with E-state index < -0.39 is 0 Å². The molecule has 1 aromatic heterocycles. The number of aromatic nitrogens is 2. The lowest BCUT2D eigenvalue weighted by molar-refractivity contribution is 0.0603. The van der Waals surface area contributed by atoms with Gasteiger partial charge in [-0.05, 0) is 34.5 Å². The third-order valence-corrected chi connectivity index (χ3v) is 3.78. The van der Waals surface area contributed by atoms with E-state index in [0.717, 1.165) is 34.5 Å². The second kappa shape index (κ2) is 4.28. The van der Waals surface area contributed by atoms with Gasteiger partial charge in [0.1, 0.15) is 5.52 Å². The molecule has 0 aliphatic carbocycles. The second-order valence-electron chi connectivity index (χ2n) is 4.21. The first kappa shape index (κ1) is 11.5. The maximum absolute atomic E-state index is 11.7. The Kier molecular flexibility index (Phi) is 2.74. The number of hydrogen-bond donors (Lipinski definition) is 1. The number of anilines is 1. The lowest BCUT2D eigenvalue weighted by Crippen LogP contribution is -2.37. The van der Waals surface area contributed by atoms with Crippen molar-refractivity contribution in [2.24, 2.45) is 0 Å². The van der Waals surface area contributed by atoms with Crippen LogP contribution in [0.15, 0.2) is 16.6 Å². The molecule has 2 heterocycles. The number of benzene rings is 1. The lowest BCUT2D eigenvalue weighted by atomic mass is 10.2. The molecular formula is C12H12BrN3O2. The number of carbonyl (C=O) groups excluding carboxylic acids is 1. The van der Waals surface area contributed by atoms with Gasteiger partial charge in [0.15, 0.2) is 0 Å². The van der Waals surface area contributed by atoms with Crippen LogP contribution in [-0.2, 0) is 4.74 Å². The number of nitrogens with one attached hydrogen (secondary N) is 1. The van der Waals surface area contributed by atoms with E-state index in [4.69, 9.17) is 4.74 Å². The topological polar surface area (TPSA) is 58.2 Å². The first-order valence-corrected chi connectivity index (χ1v) is 6.51. The Morgan fingerprint density at radius 1 is 1.50 bits per heavy atom. The summed E-state index contributed by atoms with van der Waals surface area (Å²) in [5.74, 6) is 0.458. The number of fused-ring (bicyclic) bond motifs is 1. The molecule has 0 unspecified atom stereocenters. The van der Waals surface area contributed by atoms with E-state index in [1.165, 1.54) is 13.5 Å². The molecule has 1 aliphatic heterocycles. The van der Waals surface area contributed by atoms with Crippen LogP contribution in [0.3, 0.4) is 0 Å². The van der Waals surface area contributed by atoms with Crippen molar-refractivity contribution >= 4 is 38.9 Å². The van der Waals surface area contributed by atoms with Crippen molar-refractivity contribution in [3.8, 4) is 0 Å². The standard InChI is InChI=1S/C12H12BrN3O2/c1-18-11(17)7-3-4-8(13)10-9(7)14-12(15-10)16-5-2-6-16/h3-4H,2,5-6H2,1H3,(H,14,15). The molecule has 1 N–H and O–H groups in total. The molecule has 0 radical (unpaired) electrons. The van der Waals surface area contributed by atoms with Crippen LogP contribution in [0.4, 0.5) is 5.95 Å². The Balaban J connectivity index is 2.17. The maximum Gasteiger partial charge on any atom is 0.340 e. The number of hydrogen-bond acceptors (Lipinski definition) is 4. The van der Waals surface area contributed by atoms with Gasteiger partial charge in [0, 0.05) is 17.6 Å². The Labute approximate surface area is 112 Å². The van der Waals surface area contributed by atoms with Gasteiger partial charge in [0.2, 0.25) is 5.95 Å². The highest BCUT2D eigenvalue weighted by Gasteiger charge is 2.21. The van der Waals surface area contributed by atoms with Crippen molar-refractivity contribution in [1.29, 1.82) is 0 Å². The minimum atomic E-state index is -0.355. The highest BCUT2D eigenvalue weighted by Crippen LogP contribution is 2.29. The fourth-order valence-electron chi connectivity index (χ4n) is 2.01. The number of aromatic amines is 1. The van der Waals surface area contributed by atoms with Gasteiger partial charge in [0.25, 0.3) is 0 Å². The molecule has 94 valence electrons. The normalized spacial score (nSPS) is 14.7. The van der Waals surface area contributed by atoms with E-state index in [-0.39, 0.29) is 5.97 Å². The van der Waals surface area contributed by atoms with Crippen molar-refractivity contribution in [3.05, 3.63) is 22.2 Å². The number of rotatable bonds is 2. The Hall–Kier alpha value is -1.56. The maximum atomic E-state index is 11.7. The van der Waals surface area contributed by atoms with Crippen LogP contribution < -0.4 is 4.90 Å². The summed E-state index contributed by atoms with van der Waals surface area (Å²) in [5.41, 5.74) is 1.99. The molecular weight excluding hydrogens is 298 g/mol. The summed E-state index contributed by atoms with van der Waals surface area (Å²) in [6.45, 7) is 2.01. The van der Waals surface area contributed by atoms with Crippen molar-refractivity contribution in [2.45, 2.75) is 6.42 Å². The predicted molar refractivity (Wildman–Crippen MR) is 72.0 cm³/mol. The summed E-state index contributed by atoms with van der Waals surface area (Å²) in [6, 6.07) is 3.55. The SMILES string of the molecule is COC(=O)c1ccc(Br)c2nc(N3CCC3)[nH]c12. The van der Waals surface area contributed by atoms with E-state index in [0.29, 0.717) is 5.56 Å². The molecule has 1 aliphatic rings. The second-order valence-corrected chi connectivity index (χ2v) is 5.07. The zero-order valence-corrected chi connectivity index (χ0v) is 11.5. The summed E-state index contributed by atoms with van der Waals surface area (Å²) in [7, 11) is 1.38. The third kappa shape index (κ3) is 1.68. The highest BCUT2D eigenvalue weighted by atomic mass is 79.9. The van der Waals surface area contributed by atoms with Gasteiger partial charge >= 0.3 is 5.97 Å². The molecule has 1 fully saturated rings. The molecule has 1 saturated heterocycles. The third-order valence-electron chi connectivity index (χ3n) is 3.14. The summed E-state index contributed by atoms with van der Waals surface area (Å²) in [6.07, 6.45) is 1.18. The molecule has 5 nitrogen and oxygen atoms in total. The summed E-state index contributed by atoms with van der Waals surface area (Å²) in [4.78, 5) is 21.6. The molecule has 0 spiro atoms. The van der Waals surface area contributed by atoms with Gasteiger partial charge < -0.3 is 14.6 Å². The van der Waals surface area contributed by atoms with Crippen LogP contribution in [0.25, 0.3) is 11.0 Å². The van der Waals surface area contributed by atoms with E-state index in [1.54, 1.807) is 6.07 Å². The Morgan fingerprint density at radius 2 is 2.28 bits per heavy atom. The van der Waals surface area contributed by atoms with Gasteiger partial charge in [-0.3, -0.25) is 0 Å². The lowest BCUT2D eigenvalue weighted by Gasteiger charge is -2.30. The Morgan fingerprint density at radius 3 is 2.89 bits per heavy atom. The Bertz CT molecular complexity index is 619. The van der Waals surface area contributed by atoms with Gasteiger partial charge in [-0.1, -0.05) is 0 Å². The van der Waals surface area contributed by atoms with Gasteiger partial charge in [0.05, 0.1) is 18.2 Å². The first-order chi connectivity index (χ1) is 8.70. The van der Waals surface area contributed by atoms with Crippen LogP contribution in [0, 0.1) is 0 Å². The fraction of sp³-hybridized carbons (Fsp3) is 0.333. The molecule has 18 heavy (non-hydrogen) atoms. The molecule has 0 atom stereocenters. The van der Waals surface area contributed by atoms with Crippen LogP contribution >= 0.6 is 15.9 Å². The molecule has 0 bridgehead atoms. The van der Waals surface area contributed by atoms with E-state index in [2.05, 4.69) is 30.8 Å². The molecule has 3 rings (SSSR count). The highest BCUT2D eigenvalue weighted by molar-refractivity contribution is 9.10. The van der Waals surface area contributed by atoms with Crippen molar-refractivity contribution in [3.63, 3.8) is 0 Å². The zero-order chi connectivity index (χ0) is 12.7. The number of methoxy groups -OCH3 is 1. The molecule has 6 heteroatoms. The van der Waals surface area contributed by atoms with E-state index in [9.17, 15) is 4.79 Å². The average Bonchev–Trinajstić information content (AvgIpc) is 2.71. The number of carbonyl (C=O) groups is 1. The predicted octanol–water partition coefficient (Wildman–Crippen LogP) is 2.32. The van der Waals surface area contributed by atoms with E-state index >= 15 is 0 Å². The minimum Gasteiger partial charge on any atom is -0.465 e. The van der Waals surface area contributed by atoms with Crippen LogP contribution in [0.5, 0.6) is 0 Å². The number of esters is 1.